The van der Waals surface area contributed by atoms with E-state index in [-0.39, 0.29) is 0 Å². The predicted molar refractivity (Wildman–Crippen MR) is 66.9 cm³/mol. The lowest BCUT2D eigenvalue weighted by Gasteiger charge is -2.06. The van der Waals surface area contributed by atoms with Gasteiger partial charge in [-0.3, -0.25) is 4.79 Å². The Balaban J connectivity index is 2.30. The molecule has 0 unspecified atom stereocenters. The maximum Gasteiger partial charge on any atom is 0.252 e. The molecule has 3 aromatic rings. The van der Waals surface area contributed by atoms with E-state index in [0.717, 1.165) is 11.3 Å². The van der Waals surface area contributed by atoms with Crippen molar-refractivity contribution in [1.82, 2.24) is 14.6 Å². The van der Waals surface area contributed by atoms with Gasteiger partial charge in [0.25, 0.3) is 5.91 Å². The number of hydrogen-bond donors (Lipinski definition) is 1. The summed E-state index contributed by atoms with van der Waals surface area (Å²) in [5.74, 6) is -0.507. The second-order valence-electron chi connectivity index (χ2n) is 3.86. The van der Waals surface area contributed by atoms with Crippen molar-refractivity contribution >= 4 is 11.6 Å². The van der Waals surface area contributed by atoms with E-state index in [1.807, 2.05) is 36.4 Å². The predicted octanol–water partition coefficient (Wildman–Crippen LogP) is 1.50. The fourth-order valence-electron chi connectivity index (χ4n) is 1.93. The summed E-state index contributed by atoms with van der Waals surface area (Å²) in [6.45, 7) is 0. The molecule has 5 heteroatoms. The van der Waals surface area contributed by atoms with E-state index in [4.69, 9.17) is 5.73 Å². The third-order valence-corrected chi connectivity index (χ3v) is 2.76. The van der Waals surface area contributed by atoms with E-state index in [9.17, 15) is 4.79 Å². The number of benzene rings is 1. The fourth-order valence-corrected chi connectivity index (χ4v) is 1.93. The molecular formula is C13H10N4O. The molecule has 18 heavy (non-hydrogen) atoms. The Morgan fingerprint density at radius 3 is 2.61 bits per heavy atom. The van der Waals surface area contributed by atoms with Crippen LogP contribution in [0.15, 0.2) is 48.8 Å². The number of fused-ring (bicyclic) bond motifs is 1. The zero-order valence-corrected chi connectivity index (χ0v) is 9.45. The standard InChI is InChI=1S/C13H10N4O/c14-12(18)10-6-7-11(9-4-2-1-3-5-9)17-13(10)15-8-16-17/h1-8H,(H2,14,18). The summed E-state index contributed by atoms with van der Waals surface area (Å²) in [5.41, 5.74) is 8.02. The summed E-state index contributed by atoms with van der Waals surface area (Å²) in [5, 5.41) is 4.14. The summed E-state index contributed by atoms with van der Waals surface area (Å²) >= 11 is 0. The van der Waals surface area contributed by atoms with Crippen molar-refractivity contribution in [3.05, 3.63) is 54.4 Å². The molecule has 0 saturated heterocycles. The third kappa shape index (κ3) is 1.53. The molecule has 0 saturated carbocycles. The highest BCUT2D eigenvalue weighted by Crippen LogP contribution is 2.21. The molecule has 0 spiro atoms. The van der Waals surface area contributed by atoms with Gasteiger partial charge in [0.05, 0.1) is 11.3 Å². The monoisotopic (exact) mass is 238 g/mol. The van der Waals surface area contributed by atoms with Crippen molar-refractivity contribution in [2.24, 2.45) is 5.73 Å². The highest BCUT2D eigenvalue weighted by Gasteiger charge is 2.12. The average Bonchev–Trinajstić information content (AvgIpc) is 2.87. The first-order valence-corrected chi connectivity index (χ1v) is 5.45. The van der Waals surface area contributed by atoms with E-state index < -0.39 is 5.91 Å². The van der Waals surface area contributed by atoms with Crippen LogP contribution in [0.5, 0.6) is 0 Å². The maximum absolute atomic E-state index is 11.3. The number of rotatable bonds is 2. The van der Waals surface area contributed by atoms with Gasteiger partial charge in [-0.15, -0.1) is 0 Å². The smallest absolute Gasteiger partial charge is 0.252 e. The Bertz CT molecular complexity index is 718. The van der Waals surface area contributed by atoms with Crippen LogP contribution in [0, 0.1) is 0 Å². The fraction of sp³-hybridized carbons (Fsp3) is 0. The lowest BCUT2D eigenvalue weighted by atomic mass is 10.1. The molecule has 0 aliphatic heterocycles. The van der Waals surface area contributed by atoms with Gasteiger partial charge in [0.1, 0.15) is 6.33 Å². The van der Waals surface area contributed by atoms with Crippen molar-refractivity contribution in [1.29, 1.82) is 0 Å². The molecule has 0 fully saturated rings. The lowest BCUT2D eigenvalue weighted by Crippen LogP contribution is -2.13. The minimum atomic E-state index is -0.507. The minimum absolute atomic E-state index is 0.368. The molecule has 88 valence electrons. The molecule has 2 heterocycles. The van der Waals surface area contributed by atoms with E-state index >= 15 is 0 Å². The highest BCUT2D eigenvalue weighted by atomic mass is 16.1. The van der Waals surface area contributed by atoms with Crippen molar-refractivity contribution in [3.8, 4) is 11.3 Å². The van der Waals surface area contributed by atoms with Crippen LogP contribution in [0.3, 0.4) is 0 Å². The van der Waals surface area contributed by atoms with Crippen LogP contribution >= 0.6 is 0 Å². The minimum Gasteiger partial charge on any atom is -0.365 e. The molecule has 0 bridgehead atoms. The van der Waals surface area contributed by atoms with Gasteiger partial charge in [-0.05, 0) is 12.1 Å². The van der Waals surface area contributed by atoms with Gasteiger partial charge >= 0.3 is 0 Å². The van der Waals surface area contributed by atoms with Gasteiger partial charge in [-0.25, -0.2) is 9.50 Å². The van der Waals surface area contributed by atoms with Crippen molar-refractivity contribution in [2.45, 2.75) is 0 Å². The molecule has 3 rings (SSSR count). The molecule has 1 aromatic carbocycles. The summed E-state index contributed by atoms with van der Waals surface area (Å²) in [4.78, 5) is 15.4. The van der Waals surface area contributed by atoms with Crippen LogP contribution in [-0.4, -0.2) is 20.5 Å². The average molecular weight is 238 g/mol. The Kier molecular flexibility index (Phi) is 2.30. The molecule has 0 atom stereocenters. The number of aromatic nitrogens is 3. The molecule has 5 nitrogen and oxygen atoms in total. The SMILES string of the molecule is NC(=O)c1ccc(-c2ccccc2)n2ncnc12. The van der Waals surface area contributed by atoms with Crippen LogP contribution in [0.25, 0.3) is 16.9 Å². The molecule has 1 amide bonds. The van der Waals surface area contributed by atoms with Gasteiger partial charge in [0.2, 0.25) is 0 Å². The zero-order valence-electron chi connectivity index (χ0n) is 9.45. The Hall–Kier alpha value is -2.69. The number of hydrogen-bond acceptors (Lipinski definition) is 3. The Morgan fingerprint density at radius 1 is 1.11 bits per heavy atom. The molecule has 0 aliphatic rings. The highest BCUT2D eigenvalue weighted by molar-refractivity contribution is 5.99. The second-order valence-corrected chi connectivity index (χ2v) is 3.86. The molecule has 0 radical (unpaired) electrons. The van der Waals surface area contributed by atoms with Gasteiger partial charge in [0, 0.05) is 5.56 Å². The number of primary amides is 1. The van der Waals surface area contributed by atoms with Crippen LogP contribution < -0.4 is 5.73 Å². The summed E-state index contributed by atoms with van der Waals surface area (Å²) in [6.07, 6.45) is 1.41. The van der Waals surface area contributed by atoms with Crippen LogP contribution in [0.2, 0.25) is 0 Å². The van der Waals surface area contributed by atoms with Gasteiger partial charge in [0.15, 0.2) is 5.65 Å². The molecule has 0 aliphatic carbocycles. The van der Waals surface area contributed by atoms with Crippen molar-refractivity contribution < 1.29 is 4.79 Å². The van der Waals surface area contributed by atoms with E-state index in [1.54, 1.807) is 10.6 Å². The van der Waals surface area contributed by atoms with Crippen molar-refractivity contribution in [2.75, 3.05) is 0 Å². The Morgan fingerprint density at radius 2 is 1.89 bits per heavy atom. The third-order valence-electron chi connectivity index (χ3n) is 2.76. The number of amides is 1. The number of carbonyl (C=O) groups excluding carboxylic acids is 1. The first-order chi connectivity index (χ1) is 8.77. The number of nitrogens with zero attached hydrogens (tertiary/aromatic N) is 3. The number of pyridine rings is 1. The summed E-state index contributed by atoms with van der Waals surface area (Å²) in [6, 6.07) is 13.3. The quantitative estimate of drug-likeness (QED) is 0.735. The zero-order chi connectivity index (χ0) is 12.5. The van der Waals surface area contributed by atoms with E-state index in [1.165, 1.54) is 6.33 Å². The maximum atomic E-state index is 11.3. The Labute approximate surface area is 103 Å². The summed E-state index contributed by atoms with van der Waals surface area (Å²) < 4.78 is 1.62. The topological polar surface area (TPSA) is 73.3 Å². The van der Waals surface area contributed by atoms with Crippen LogP contribution in [-0.2, 0) is 0 Å². The summed E-state index contributed by atoms with van der Waals surface area (Å²) in [7, 11) is 0. The number of nitrogens with two attached hydrogens (primary N) is 1. The van der Waals surface area contributed by atoms with Crippen LogP contribution in [0.1, 0.15) is 10.4 Å². The largest absolute Gasteiger partial charge is 0.365 e. The molecular weight excluding hydrogens is 228 g/mol. The van der Waals surface area contributed by atoms with Crippen LogP contribution in [0.4, 0.5) is 0 Å². The number of carbonyl (C=O) groups is 1. The molecule has 2 aromatic heterocycles. The normalized spacial score (nSPS) is 10.7. The van der Waals surface area contributed by atoms with E-state index in [2.05, 4.69) is 10.1 Å². The van der Waals surface area contributed by atoms with Gasteiger partial charge < -0.3 is 5.73 Å². The van der Waals surface area contributed by atoms with Gasteiger partial charge in [-0.2, -0.15) is 5.10 Å². The van der Waals surface area contributed by atoms with E-state index in [0.29, 0.717) is 11.2 Å². The first kappa shape index (κ1) is 10.5. The lowest BCUT2D eigenvalue weighted by molar-refractivity contribution is 0.100. The first-order valence-electron chi connectivity index (χ1n) is 5.45. The second kappa shape index (κ2) is 3.96. The molecule has 2 N–H and O–H groups in total. The van der Waals surface area contributed by atoms with Crippen molar-refractivity contribution in [3.63, 3.8) is 0 Å². The van der Waals surface area contributed by atoms with Gasteiger partial charge in [-0.1, -0.05) is 30.3 Å².